The molecule has 0 saturated carbocycles. The molecule has 0 spiro atoms. The van der Waals surface area contributed by atoms with Gasteiger partial charge in [-0.15, -0.1) is 11.3 Å². The van der Waals surface area contributed by atoms with E-state index in [2.05, 4.69) is 15.3 Å². The van der Waals surface area contributed by atoms with Gasteiger partial charge in [-0.25, -0.2) is 4.68 Å². The van der Waals surface area contributed by atoms with Crippen LogP contribution < -0.4 is 10.9 Å². The maximum atomic E-state index is 13.0. The fourth-order valence-electron chi connectivity index (χ4n) is 3.90. The van der Waals surface area contributed by atoms with Crippen molar-refractivity contribution in [2.24, 2.45) is 0 Å². The Kier molecular flexibility index (Phi) is 5.73. The van der Waals surface area contributed by atoms with Crippen LogP contribution in [0.1, 0.15) is 31.4 Å². The molecule has 1 amide bonds. The van der Waals surface area contributed by atoms with Crippen LogP contribution >= 0.6 is 11.3 Å². The number of carbonyl (C=O) groups is 1. The molecule has 0 aliphatic carbocycles. The molecule has 6 nitrogen and oxygen atoms in total. The molecule has 1 aliphatic rings. The van der Waals surface area contributed by atoms with Gasteiger partial charge >= 0.3 is 0 Å². The van der Waals surface area contributed by atoms with Crippen molar-refractivity contribution in [1.82, 2.24) is 20.0 Å². The molecule has 3 heterocycles. The normalized spacial score (nSPS) is 14.9. The van der Waals surface area contributed by atoms with E-state index in [1.54, 1.807) is 11.3 Å². The summed E-state index contributed by atoms with van der Waals surface area (Å²) < 4.78 is 3.59. The number of aryl methyl sites for hydroxylation is 2. The van der Waals surface area contributed by atoms with Crippen LogP contribution in [-0.4, -0.2) is 46.8 Å². The maximum absolute atomic E-state index is 13.0. The quantitative estimate of drug-likeness (QED) is 0.665. The van der Waals surface area contributed by atoms with Crippen LogP contribution in [0.5, 0.6) is 0 Å². The number of nitrogens with zero attached hydrogens (tertiary/aromatic N) is 3. The molecule has 4 rings (SSSR count). The number of thiophene rings is 1. The van der Waals surface area contributed by atoms with Crippen LogP contribution in [-0.2, 0) is 11.3 Å². The Morgan fingerprint density at radius 3 is 2.82 bits per heavy atom. The van der Waals surface area contributed by atoms with E-state index < -0.39 is 0 Å². The van der Waals surface area contributed by atoms with E-state index in [-0.39, 0.29) is 11.5 Å². The number of hydrogen-bond donors (Lipinski definition) is 1. The van der Waals surface area contributed by atoms with Gasteiger partial charge in [-0.1, -0.05) is 18.2 Å². The smallest absolute Gasteiger partial charge is 0.276 e. The van der Waals surface area contributed by atoms with Gasteiger partial charge < -0.3 is 10.2 Å². The van der Waals surface area contributed by atoms with Gasteiger partial charge in [0.25, 0.3) is 5.56 Å². The first-order valence-corrected chi connectivity index (χ1v) is 10.8. The van der Waals surface area contributed by atoms with Gasteiger partial charge in [0, 0.05) is 36.1 Å². The maximum Gasteiger partial charge on any atom is 0.276 e. The molecule has 1 aliphatic heterocycles. The number of aromatic nitrogens is 2. The third-order valence-corrected chi connectivity index (χ3v) is 6.65. The summed E-state index contributed by atoms with van der Waals surface area (Å²) in [5.74, 6) is 0.0472. The summed E-state index contributed by atoms with van der Waals surface area (Å²) >= 11 is 1.62. The lowest BCUT2D eigenvalue weighted by Crippen LogP contribution is -2.33. The summed E-state index contributed by atoms with van der Waals surface area (Å²) in [7, 11) is 0. The van der Waals surface area contributed by atoms with Crippen molar-refractivity contribution >= 4 is 37.4 Å². The lowest BCUT2D eigenvalue weighted by molar-refractivity contribution is -0.121. The van der Waals surface area contributed by atoms with E-state index >= 15 is 0 Å². The molecular formula is C21H26N4O2S. The average molecular weight is 399 g/mol. The first kappa shape index (κ1) is 19.1. The van der Waals surface area contributed by atoms with Crippen molar-refractivity contribution in [3.8, 4) is 0 Å². The molecule has 1 aromatic carbocycles. The largest absolute Gasteiger partial charge is 0.355 e. The molecule has 1 saturated heterocycles. The van der Waals surface area contributed by atoms with Crippen LogP contribution in [0.3, 0.4) is 0 Å². The number of carbonyl (C=O) groups excluding carboxylic acids is 1. The summed E-state index contributed by atoms with van der Waals surface area (Å²) in [5.41, 5.74) is 0.804. The van der Waals surface area contributed by atoms with Crippen molar-refractivity contribution < 1.29 is 4.79 Å². The molecule has 28 heavy (non-hydrogen) atoms. The van der Waals surface area contributed by atoms with E-state index in [4.69, 9.17) is 0 Å². The second-order valence-corrected chi connectivity index (χ2v) is 8.47. The van der Waals surface area contributed by atoms with Crippen LogP contribution in [0.15, 0.2) is 29.1 Å². The number of likely N-dealkylation sites (tertiary alicyclic amines) is 1. The molecule has 1 fully saturated rings. The zero-order valence-corrected chi connectivity index (χ0v) is 17.1. The Balaban J connectivity index is 1.38. The minimum absolute atomic E-state index is 0.0472. The van der Waals surface area contributed by atoms with E-state index in [9.17, 15) is 9.59 Å². The number of benzene rings is 1. The summed E-state index contributed by atoms with van der Waals surface area (Å²) in [6.45, 7) is 6.31. The van der Waals surface area contributed by atoms with Crippen molar-refractivity contribution in [2.75, 3.05) is 26.2 Å². The predicted octanol–water partition coefficient (Wildman–Crippen LogP) is 2.91. The van der Waals surface area contributed by atoms with Crippen molar-refractivity contribution in [2.45, 2.75) is 39.2 Å². The van der Waals surface area contributed by atoms with Gasteiger partial charge in [0.1, 0.15) is 0 Å². The summed E-state index contributed by atoms with van der Waals surface area (Å²) in [4.78, 5) is 27.4. The molecule has 7 heteroatoms. The molecular weight excluding hydrogens is 372 g/mol. The molecule has 0 radical (unpaired) electrons. The number of hydrogen-bond acceptors (Lipinski definition) is 5. The SMILES string of the molecule is Cc1nn(CCCC(=O)NCCN2CCCC2)c(=O)c2c1sc1ccccc12. The number of amides is 1. The zero-order valence-electron chi connectivity index (χ0n) is 16.2. The lowest BCUT2D eigenvalue weighted by Gasteiger charge is -2.14. The Morgan fingerprint density at radius 1 is 1.21 bits per heavy atom. The van der Waals surface area contributed by atoms with Gasteiger partial charge in [0.05, 0.1) is 15.8 Å². The fraction of sp³-hybridized carbons (Fsp3) is 0.476. The number of nitrogens with one attached hydrogen (secondary N) is 1. The highest BCUT2D eigenvalue weighted by molar-refractivity contribution is 7.26. The topological polar surface area (TPSA) is 67.2 Å². The van der Waals surface area contributed by atoms with Crippen LogP contribution in [0.25, 0.3) is 20.2 Å². The first-order valence-electron chi connectivity index (χ1n) is 10.0. The highest BCUT2D eigenvalue weighted by atomic mass is 32.1. The lowest BCUT2D eigenvalue weighted by atomic mass is 10.2. The summed E-state index contributed by atoms with van der Waals surface area (Å²) in [6, 6.07) is 7.98. The Labute approximate surface area is 168 Å². The minimum Gasteiger partial charge on any atom is -0.355 e. The van der Waals surface area contributed by atoms with E-state index in [1.165, 1.54) is 17.5 Å². The molecule has 0 atom stereocenters. The number of fused-ring (bicyclic) bond motifs is 3. The van der Waals surface area contributed by atoms with Gasteiger partial charge in [-0.05, 0) is 45.3 Å². The molecule has 1 N–H and O–H groups in total. The summed E-state index contributed by atoms with van der Waals surface area (Å²) in [6.07, 6.45) is 3.54. The highest BCUT2D eigenvalue weighted by Crippen LogP contribution is 2.32. The second-order valence-electron chi connectivity index (χ2n) is 7.42. The van der Waals surface area contributed by atoms with E-state index in [0.29, 0.717) is 25.9 Å². The number of rotatable bonds is 7. The predicted molar refractivity (Wildman–Crippen MR) is 114 cm³/mol. The molecule has 148 valence electrons. The van der Waals surface area contributed by atoms with Crippen molar-refractivity contribution in [3.63, 3.8) is 0 Å². The van der Waals surface area contributed by atoms with Gasteiger partial charge in [0.15, 0.2) is 0 Å². The Bertz CT molecular complexity index is 1050. The van der Waals surface area contributed by atoms with Crippen LogP contribution in [0, 0.1) is 6.92 Å². The van der Waals surface area contributed by atoms with Crippen LogP contribution in [0.2, 0.25) is 0 Å². The monoisotopic (exact) mass is 398 g/mol. The van der Waals surface area contributed by atoms with Crippen LogP contribution in [0.4, 0.5) is 0 Å². The average Bonchev–Trinajstić information content (AvgIpc) is 3.33. The third kappa shape index (κ3) is 3.95. The van der Waals surface area contributed by atoms with Gasteiger partial charge in [0.2, 0.25) is 5.91 Å². The standard InChI is InChI=1S/C21H26N4O2S/c1-15-20-19(16-7-2-3-8-17(16)28-20)21(27)25(23-15)13-6-9-18(26)22-10-14-24-11-4-5-12-24/h2-3,7-8H,4-6,9-14H2,1H3,(H,22,26). The molecule has 0 bridgehead atoms. The molecule has 0 unspecified atom stereocenters. The Morgan fingerprint density at radius 2 is 2.00 bits per heavy atom. The molecule has 2 aromatic heterocycles. The van der Waals surface area contributed by atoms with Crippen molar-refractivity contribution in [3.05, 3.63) is 40.3 Å². The van der Waals surface area contributed by atoms with Gasteiger partial charge in [-0.3, -0.25) is 9.59 Å². The Hall–Kier alpha value is -2.25. The van der Waals surface area contributed by atoms with E-state index in [1.807, 2.05) is 31.2 Å². The first-order chi connectivity index (χ1) is 13.6. The molecule has 3 aromatic rings. The highest BCUT2D eigenvalue weighted by Gasteiger charge is 2.15. The zero-order chi connectivity index (χ0) is 19.5. The summed E-state index contributed by atoms with van der Waals surface area (Å²) in [5, 5.41) is 9.21. The van der Waals surface area contributed by atoms with E-state index in [0.717, 1.165) is 45.5 Å². The minimum atomic E-state index is -0.0625. The second kappa shape index (κ2) is 8.41. The van der Waals surface area contributed by atoms with Gasteiger partial charge in [-0.2, -0.15) is 5.10 Å². The van der Waals surface area contributed by atoms with Crippen molar-refractivity contribution in [1.29, 1.82) is 0 Å². The third-order valence-electron chi connectivity index (χ3n) is 5.37. The fourth-order valence-corrected chi connectivity index (χ4v) is 5.04.